The lowest BCUT2D eigenvalue weighted by atomic mass is 10.1. The lowest BCUT2D eigenvalue weighted by Gasteiger charge is -2.13. The van der Waals surface area contributed by atoms with E-state index in [1.165, 1.54) is 17.3 Å². The predicted octanol–water partition coefficient (Wildman–Crippen LogP) is 7.56. The van der Waals surface area contributed by atoms with E-state index in [9.17, 15) is 4.79 Å². The number of aliphatic imine (C=N–C) groups is 1. The van der Waals surface area contributed by atoms with Crippen LogP contribution >= 0.6 is 35.1 Å². The minimum atomic E-state index is -0.0183. The van der Waals surface area contributed by atoms with Crippen LogP contribution in [0.5, 0.6) is 0 Å². The zero-order valence-corrected chi connectivity index (χ0v) is 21.1. The fourth-order valence-electron chi connectivity index (χ4n) is 3.79. The van der Waals surface area contributed by atoms with Crippen LogP contribution < -0.4 is 4.90 Å². The molecule has 170 valence electrons. The van der Waals surface area contributed by atoms with Crippen LogP contribution in [0.1, 0.15) is 6.92 Å². The highest BCUT2D eigenvalue weighted by Crippen LogP contribution is 2.46. The summed E-state index contributed by atoms with van der Waals surface area (Å²) in [4.78, 5) is 23.4. The zero-order chi connectivity index (χ0) is 23.7. The number of hydrogen-bond acceptors (Lipinski definition) is 5. The van der Waals surface area contributed by atoms with Crippen molar-refractivity contribution < 1.29 is 4.79 Å². The number of hydrogen-bond donors (Lipinski definition) is 0. The topological polar surface area (TPSA) is 35.9 Å². The second-order valence-corrected chi connectivity index (χ2v) is 10.3. The Labute approximate surface area is 213 Å². The first-order chi connectivity index (χ1) is 16.5. The van der Waals surface area contributed by atoms with Gasteiger partial charge in [0.2, 0.25) is 0 Å². The molecule has 0 aromatic heterocycles. The number of benzene rings is 3. The average Bonchev–Trinajstić information content (AvgIpc) is 3.33. The Bertz CT molecular complexity index is 1330. The van der Waals surface area contributed by atoms with Gasteiger partial charge in [0.15, 0.2) is 5.17 Å². The second-order valence-electron chi connectivity index (χ2n) is 7.77. The van der Waals surface area contributed by atoms with E-state index in [4.69, 9.17) is 16.6 Å². The second kappa shape index (κ2) is 9.74. The maximum Gasteiger partial charge on any atom is 0.266 e. The molecule has 34 heavy (non-hydrogen) atoms. The van der Waals surface area contributed by atoms with Crippen LogP contribution in [0, 0.1) is 0 Å². The number of fused-ring (bicyclic) bond motifs is 1. The number of carbonyl (C=O) groups is 1. The lowest BCUT2D eigenvalue weighted by molar-refractivity contribution is -0.122. The number of rotatable bonds is 4. The molecule has 0 atom stereocenters. The molecule has 7 heteroatoms. The number of amides is 1. The number of thioether (sulfide) groups is 2. The van der Waals surface area contributed by atoms with Gasteiger partial charge in [-0.25, -0.2) is 4.99 Å². The van der Waals surface area contributed by atoms with Gasteiger partial charge in [-0.1, -0.05) is 65.8 Å². The first-order valence-corrected chi connectivity index (χ1v) is 12.9. The van der Waals surface area contributed by atoms with Crippen LogP contribution in [0.3, 0.4) is 0 Å². The number of nitrogens with zero attached hydrogens (tertiary/aromatic N) is 3. The number of anilines is 1. The minimum absolute atomic E-state index is 0.0183. The van der Waals surface area contributed by atoms with Crippen molar-refractivity contribution in [2.24, 2.45) is 4.99 Å². The van der Waals surface area contributed by atoms with E-state index in [0.29, 0.717) is 21.6 Å². The molecule has 1 saturated heterocycles. The number of allylic oxidation sites excluding steroid dienone is 2. The van der Waals surface area contributed by atoms with Gasteiger partial charge < -0.3 is 4.90 Å². The summed E-state index contributed by atoms with van der Waals surface area (Å²) >= 11 is 9.23. The first kappa shape index (κ1) is 22.8. The van der Waals surface area contributed by atoms with Crippen LogP contribution in [0.15, 0.2) is 105 Å². The summed E-state index contributed by atoms with van der Waals surface area (Å²) in [6.07, 6.45) is 3.88. The fraction of sp³-hybridized carbons (Fsp3) is 0.111. The molecular weight excluding hydrogens is 482 g/mol. The number of carbonyl (C=O) groups excluding carboxylic acids is 1. The number of likely N-dealkylation sites (N-methyl/N-ethyl adjacent to an activating group) is 1. The van der Waals surface area contributed by atoms with Gasteiger partial charge in [-0.05, 0) is 72.3 Å². The third kappa shape index (κ3) is 4.53. The Hall–Kier alpha value is -2.93. The quantitative estimate of drug-likeness (QED) is 0.344. The summed E-state index contributed by atoms with van der Waals surface area (Å²) < 4.78 is 0. The highest BCUT2D eigenvalue weighted by Gasteiger charge is 2.32. The van der Waals surface area contributed by atoms with Crippen LogP contribution in [-0.2, 0) is 4.79 Å². The molecule has 0 N–H and O–H groups in total. The van der Waals surface area contributed by atoms with Gasteiger partial charge in [-0.15, -0.1) is 0 Å². The lowest BCUT2D eigenvalue weighted by Crippen LogP contribution is -2.28. The fourth-order valence-corrected chi connectivity index (χ4v) is 5.99. The Morgan fingerprint density at radius 1 is 0.941 bits per heavy atom. The Morgan fingerprint density at radius 2 is 1.68 bits per heavy atom. The summed E-state index contributed by atoms with van der Waals surface area (Å²) in [6, 6.07) is 24.2. The van der Waals surface area contributed by atoms with Crippen molar-refractivity contribution in [1.29, 1.82) is 0 Å². The molecule has 0 aliphatic carbocycles. The maximum absolute atomic E-state index is 13.0. The summed E-state index contributed by atoms with van der Waals surface area (Å²) in [7, 11) is 2.01. The molecule has 2 aliphatic rings. The van der Waals surface area contributed by atoms with Gasteiger partial charge >= 0.3 is 0 Å². The van der Waals surface area contributed by atoms with Crippen LogP contribution in [0.2, 0.25) is 5.02 Å². The van der Waals surface area contributed by atoms with Gasteiger partial charge in [-0.3, -0.25) is 9.69 Å². The van der Waals surface area contributed by atoms with E-state index in [1.54, 1.807) is 16.7 Å². The third-order valence-electron chi connectivity index (χ3n) is 5.61. The van der Waals surface area contributed by atoms with Gasteiger partial charge in [0.1, 0.15) is 0 Å². The summed E-state index contributed by atoms with van der Waals surface area (Å²) in [5.74, 6) is -0.0183. The normalized spacial score (nSPS) is 19.0. The monoisotopic (exact) mass is 503 g/mol. The molecular formula is C27H22ClN3OS2. The highest BCUT2D eigenvalue weighted by atomic mass is 35.5. The van der Waals surface area contributed by atoms with Crippen molar-refractivity contribution in [2.75, 3.05) is 18.5 Å². The molecule has 4 nitrogen and oxygen atoms in total. The molecule has 3 aromatic rings. The van der Waals surface area contributed by atoms with Crippen molar-refractivity contribution in [3.8, 4) is 11.1 Å². The molecule has 2 heterocycles. The summed E-state index contributed by atoms with van der Waals surface area (Å²) in [6.45, 7) is 2.54. The summed E-state index contributed by atoms with van der Waals surface area (Å²) in [5, 5.41) is 2.46. The largest absolute Gasteiger partial charge is 0.338 e. The Balaban J connectivity index is 1.37. The molecule has 0 unspecified atom stereocenters. The summed E-state index contributed by atoms with van der Waals surface area (Å²) in [5.41, 5.74) is 4.20. The van der Waals surface area contributed by atoms with E-state index in [0.717, 1.165) is 26.9 Å². The minimum Gasteiger partial charge on any atom is -0.338 e. The van der Waals surface area contributed by atoms with E-state index in [1.807, 2.05) is 74.7 Å². The zero-order valence-electron chi connectivity index (χ0n) is 18.7. The van der Waals surface area contributed by atoms with Crippen LogP contribution in [0.25, 0.3) is 11.1 Å². The van der Waals surface area contributed by atoms with Crippen LogP contribution in [-0.4, -0.2) is 29.6 Å². The predicted molar refractivity (Wildman–Crippen MR) is 146 cm³/mol. The highest BCUT2D eigenvalue weighted by molar-refractivity contribution is 8.18. The van der Waals surface area contributed by atoms with E-state index in [2.05, 4.69) is 29.2 Å². The van der Waals surface area contributed by atoms with Gasteiger partial charge in [-0.2, -0.15) is 0 Å². The molecule has 2 aliphatic heterocycles. The smallest absolute Gasteiger partial charge is 0.266 e. The standard InChI is InChI=1S/C27H22ClN3OS2/c1-3-31-26(32)24(15-16-25-30(2)22-17-20(28)11-14-23(22)33-25)34-27(31)29-21-12-9-19(10-13-21)18-7-5-4-6-8-18/h4-17H,3H2,1-2H3. The molecule has 0 bridgehead atoms. The van der Waals surface area contributed by atoms with Crippen molar-refractivity contribution in [3.05, 3.63) is 99.9 Å². The number of halogens is 1. The van der Waals surface area contributed by atoms with Crippen molar-refractivity contribution in [1.82, 2.24) is 4.90 Å². The van der Waals surface area contributed by atoms with Crippen molar-refractivity contribution >= 4 is 57.6 Å². The van der Waals surface area contributed by atoms with Gasteiger partial charge in [0.05, 0.1) is 21.3 Å². The third-order valence-corrected chi connectivity index (χ3v) is 8.05. The van der Waals surface area contributed by atoms with Crippen LogP contribution in [0.4, 0.5) is 11.4 Å². The number of amidine groups is 1. The van der Waals surface area contributed by atoms with E-state index >= 15 is 0 Å². The molecule has 5 rings (SSSR count). The van der Waals surface area contributed by atoms with Gasteiger partial charge in [0.25, 0.3) is 5.91 Å². The SMILES string of the molecule is CCN1C(=O)C(=CC=C2Sc3ccc(Cl)cc3N2C)SC1=Nc1ccc(-c2ccccc2)cc1. The van der Waals surface area contributed by atoms with Crippen molar-refractivity contribution in [3.63, 3.8) is 0 Å². The van der Waals surface area contributed by atoms with E-state index in [-0.39, 0.29) is 5.91 Å². The first-order valence-electron chi connectivity index (χ1n) is 10.9. The average molecular weight is 504 g/mol. The maximum atomic E-state index is 13.0. The molecule has 1 amide bonds. The molecule has 1 fully saturated rings. The molecule has 0 spiro atoms. The van der Waals surface area contributed by atoms with Crippen molar-refractivity contribution in [2.45, 2.75) is 11.8 Å². The molecule has 3 aromatic carbocycles. The van der Waals surface area contributed by atoms with Gasteiger partial charge in [0, 0.05) is 23.5 Å². The Morgan fingerprint density at radius 3 is 2.41 bits per heavy atom. The molecule has 0 saturated carbocycles. The van der Waals surface area contributed by atoms with E-state index < -0.39 is 0 Å². The Kier molecular flexibility index (Phi) is 6.55. The molecule has 0 radical (unpaired) electrons.